The quantitative estimate of drug-likeness (QED) is 0.612. The number of hydrogen-bond donors (Lipinski definition) is 3. The molecule has 0 saturated carbocycles. The maximum Gasteiger partial charge on any atom is 0.339 e. The molecule has 0 aliphatic rings. The molecule has 3 N–H and O–H groups in total. The summed E-state index contributed by atoms with van der Waals surface area (Å²) >= 11 is 0. The van der Waals surface area contributed by atoms with Crippen molar-refractivity contribution in [1.29, 1.82) is 0 Å². The van der Waals surface area contributed by atoms with Crippen LogP contribution in [0.5, 0.6) is 5.75 Å². The molecule has 0 spiro atoms. The molecule has 0 bridgehead atoms. The van der Waals surface area contributed by atoms with Gasteiger partial charge in [-0.1, -0.05) is 0 Å². The van der Waals surface area contributed by atoms with E-state index in [2.05, 4.69) is 4.98 Å². The first kappa shape index (κ1) is 9.47. The molecule has 1 aromatic rings. The maximum atomic E-state index is 10.7. The highest BCUT2D eigenvalue weighted by molar-refractivity contribution is 5.92. The van der Waals surface area contributed by atoms with Crippen LogP contribution in [0.3, 0.4) is 0 Å². The fourth-order valence-corrected chi connectivity index (χ4v) is 0.992. The lowest BCUT2D eigenvalue weighted by atomic mass is 10.1. The number of aromatic nitrogens is 1. The molecule has 0 saturated heterocycles. The van der Waals surface area contributed by atoms with Crippen LogP contribution in [0, 0.1) is 6.92 Å². The number of hydrogen-bond acceptors (Lipinski definition) is 4. The lowest BCUT2D eigenvalue weighted by molar-refractivity contribution is 0.0689. The van der Waals surface area contributed by atoms with E-state index < -0.39 is 12.6 Å². The van der Waals surface area contributed by atoms with Crippen LogP contribution in [0.1, 0.15) is 21.6 Å². The first-order chi connectivity index (χ1) is 6.07. The van der Waals surface area contributed by atoms with Gasteiger partial charge in [-0.2, -0.15) is 0 Å². The van der Waals surface area contributed by atoms with E-state index in [0.717, 1.165) is 0 Å². The minimum absolute atomic E-state index is 0.107. The van der Waals surface area contributed by atoms with E-state index in [1.165, 1.54) is 13.1 Å². The molecule has 0 radical (unpaired) electrons. The molecular formula is C8H9NO4. The van der Waals surface area contributed by atoms with E-state index in [0.29, 0.717) is 0 Å². The third-order valence-corrected chi connectivity index (χ3v) is 1.70. The van der Waals surface area contributed by atoms with Crippen LogP contribution in [0.25, 0.3) is 0 Å². The summed E-state index contributed by atoms with van der Waals surface area (Å²) in [6.07, 6.45) is 1.23. The number of pyridine rings is 1. The lowest BCUT2D eigenvalue weighted by Gasteiger charge is -2.06. The van der Waals surface area contributed by atoms with Gasteiger partial charge in [-0.3, -0.25) is 4.98 Å². The highest BCUT2D eigenvalue weighted by Gasteiger charge is 2.17. The fraction of sp³-hybridized carbons (Fsp3) is 0.250. The molecule has 13 heavy (non-hydrogen) atoms. The number of carboxylic acids is 1. The van der Waals surface area contributed by atoms with Gasteiger partial charge in [0.1, 0.15) is 5.56 Å². The summed E-state index contributed by atoms with van der Waals surface area (Å²) in [5.41, 5.74) is 0.0557. The van der Waals surface area contributed by atoms with Gasteiger partial charge >= 0.3 is 5.97 Å². The zero-order valence-corrected chi connectivity index (χ0v) is 6.98. The molecule has 1 rings (SSSR count). The Morgan fingerprint density at radius 2 is 2.23 bits per heavy atom. The summed E-state index contributed by atoms with van der Waals surface area (Å²) in [5, 5.41) is 26.8. The zero-order valence-electron chi connectivity index (χ0n) is 6.98. The van der Waals surface area contributed by atoms with Crippen molar-refractivity contribution in [3.63, 3.8) is 0 Å². The van der Waals surface area contributed by atoms with Crippen molar-refractivity contribution in [2.24, 2.45) is 0 Å². The molecule has 1 heterocycles. The van der Waals surface area contributed by atoms with Crippen LogP contribution in [0.15, 0.2) is 6.20 Å². The average Bonchev–Trinajstić information content (AvgIpc) is 2.08. The van der Waals surface area contributed by atoms with E-state index in [4.69, 9.17) is 10.2 Å². The number of aryl methyl sites for hydroxylation is 1. The summed E-state index contributed by atoms with van der Waals surface area (Å²) < 4.78 is 0. The SMILES string of the molecule is Cc1ncc(CO)c(C(=O)O)c1O. The Bertz CT molecular complexity index is 348. The number of nitrogens with zero attached hydrogens (tertiary/aromatic N) is 1. The van der Waals surface area contributed by atoms with E-state index >= 15 is 0 Å². The number of aliphatic hydroxyl groups is 1. The summed E-state index contributed by atoms with van der Waals surface area (Å²) in [4.78, 5) is 14.4. The van der Waals surface area contributed by atoms with Crippen LogP contribution >= 0.6 is 0 Å². The number of aliphatic hydroxyl groups excluding tert-OH is 1. The van der Waals surface area contributed by atoms with E-state index in [9.17, 15) is 9.90 Å². The molecule has 0 aromatic carbocycles. The van der Waals surface area contributed by atoms with Crippen LogP contribution in [0.4, 0.5) is 0 Å². The second-order valence-electron chi connectivity index (χ2n) is 2.56. The third-order valence-electron chi connectivity index (χ3n) is 1.70. The molecule has 0 aliphatic carbocycles. The number of aromatic hydroxyl groups is 1. The molecule has 0 atom stereocenters. The van der Waals surface area contributed by atoms with Gasteiger partial charge in [0.15, 0.2) is 5.75 Å². The second-order valence-corrected chi connectivity index (χ2v) is 2.56. The Hall–Kier alpha value is -1.62. The van der Waals surface area contributed by atoms with Crippen molar-refractivity contribution in [3.05, 3.63) is 23.0 Å². The van der Waals surface area contributed by atoms with Gasteiger partial charge in [-0.05, 0) is 6.92 Å². The Labute approximate surface area is 74.3 Å². The Kier molecular flexibility index (Phi) is 2.48. The Morgan fingerprint density at radius 1 is 1.62 bits per heavy atom. The number of carboxylic acid groups (broad SMARTS) is 1. The Morgan fingerprint density at radius 3 is 2.69 bits per heavy atom. The van der Waals surface area contributed by atoms with E-state index in [-0.39, 0.29) is 22.6 Å². The van der Waals surface area contributed by atoms with Gasteiger partial charge in [-0.15, -0.1) is 0 Å². The number of aromatic carboxylic acids is 1. The van der Waals surface area contributed by atoms with Gasteiger partial charge in [0.2, 0.25) is 0 Å². The molecule has 0 unspecified atom stereocenters. The van der Waals surface area contributed by atoms with Crippen LogP contribution in [-0.2, 0) is 6.61 Å². The predicted octanol–water partition coefficient (Wildman–Crippen LogP) is 0.286. The van der Waals surface area contributed by atoms with Gasteiger partial charge in [0, 0.05) is 11.8 Å². The normalized spacial score (nSPS) is 10.0. The third kappa shape index (κ3) is 1.59. The molecule has 5 heteroatoms. The van der Waals surface area contributed by atoms with Crippen molar-refractivity contribution in [1.82, 2.24) is 4.98 Å². The first-order valence-electron chi connectivity index (χ1n) is 3.59. The molecular weight excluding hydrogens is 174 g/mol. The molecule has 0 amide bonds. The molecule has 0 fully saturated rings. The van der Waals surface area contributed by atoms with Crippen molar-refractivity contribution in [2.75, 3.05) is 0 Å². The smallest absolute Gasteiger partial charge is 0.339 e. The average molecular weight is 183 g/mol. The lowest BCUT2D eigenvalue weighted by Crippen LogP contribution is -2.05. The summed E-state index contributed by atoms with van der Waals surface area (Å²) in [5.74, 6) is -1.66. The van der Waals surface area contributed by atoms with Crippen LogP contribution < -0.4 is 0 Å². The van der Waals surface area contributed by atoms with Crippen LogP contribution in [0.2, 0.25) is 0 Å². The molecule has 5 nitrogen and oxygen atoms in total. The Balaban J connectivity index is 3.41. The number of carbonyl (C=O) groups is 1. The van der Waals surface area contributed by atoms with Crippen molar-refractivity contribution < 1.29 is 20.1 Å². The van der Waals surface area contributed by atoms with Gasteiger partial charge < -0.3 is 15.3 Å². The summed E-state index contributed by atoms with van der Waals surface area (Å²) in [7, 11) is 0. The van der Waals surface area contributed by atoms with Gasteiger partial charge in [0.25, 0.3) is 0 Å². The molecule has 70 valence electrons. The van der Waals surface area contributed by atoms with Crippen molar-refractivity contribution in [3.8, 4) is 5.75 Å². The zero-order chi connectivity index (χ0) is 10.0. The van der Waals surface area contributed by atoms with E-state index in [1.807, 2.05) is 0 Å². The monoisotopic (exact) mass is 183 g/mol. The molecule has 0 aliphatic heterocycles. The highest BCUT2D eigenvalue weighted by Crippen LogP contribution is 2.23. The predicted molar refractivity (Wildman–Crippen MR) is 43.5 cm³/mol. The summed E-state index contributed by atoms with van der Waals surface area (Å²) in [6, 6.07) is 0. The first-order valence-corrected chi connectivity index (χ1v) is 3.59. The van der Waals surface area contributed by atoms with Gasteiger partial charge in [-0.25, -0.2) is 4.79 Å². The largest absolute Gasteiger partial charge is 0.505 e. The van der Waals surface area contributed by atoms with Crippen LogP contribution in [-0.4, -0.2) is 26.3 Å². The fourth-order valence-electron chi connectivity index (χ4n) is 0.992. The standard InChI is InChI=1S/C8H9NO4/c1-4-7(11)6(8(12)13)5(3-10)2-9-4/h2,10-11H,3H2,1H3,(H,12,13). The summed E-state index contributed by atoms with van der Waals surface area (Å²) in [6.45, 7) is 1.03. The maximum absolute atomic E-state index is 10.7. The van der Waals surface area contributed by atoms with E-state index in [1.54, 1.807) is 0 Å². The van der Waals surface area contributed by atoms with Crippen molar-refractivity contribution in [2.45, 2.75) is 13.5 Å². The minimum atomic E-state index is -1.27. The number of rotatable bonds is 2. The minimum Gasteiger partial charge on any atom is -0.505 e. The van der Waals surface area contributed by atoms with Gasteiger partial charge in [0.05, 0.1) is 12.3 Å². The highest BCUT2D eigenvalue weighted by atomic mass is 16.4. The second kappa shape index (κ2) is 3.40. The molecule has 1 aromatic heterocycles. The topological polar surface area (TPSA) is 90.7 Å². The van der Waals surface area contributed by atoms with Crippen molar-refractivity contribution >= 4 is 5.97 Å².